The average molecular weight is 314 g/mol. The first-order chi connectivity index (χ1) is 10.3. The predicted molar refractivity (Wildman–Crippen MR) is 93.8 cm³/mol. The summed E-state index contributed by atoms with van der Waals surface area (Å²) in [5.41, 5.74) is 3.40. The molecule has 122 valence electrons. The van der Waals surface area contributed by atoms with E-state index in [4.69, 9.17) is 22.8 Å². The van der Waals surface area contributed by atoms with Crippen LogP contribution in [0.5, 0.6) is 0 Å². The predicted octanol–water partition coefficient (Wildman–Crippen LogP) is 1.92. The molecule has 1 heterocycles. The molecule has 1 aliphatic heterocycles. The highest BCUT2D eigenvalue weighted by Crippen LogP contribution is 2.01. The number of morpholine rings is 1. The van der Waals surface area contributed by atoms with Gasteiger partial charge in [-0.05, 0) is 31.1 Å². The molecule has 1 rings (SSSR count). The summed E-state index contributed by atoms with van der Waals surface area (Å²) in [6.07, 6.45) is 8.25. The lowest BCUT2D eigenvalue weighted by molar-refractivity contribution is 0.0387. The Hall–Kier alpha value is -0.950. The molecule has 4 N–H and O–H groups in total. The summed E-state index contributed by atoms with van der Waals surface area (Å²) in [6.45, 7) is 10.9. The zero-order valence-electron chi connectivity index (χ0n) is 13.5. The molecule has 0 saturated carbocycles. The fourth-order valence-electron chi connectivity index (χ4n) is 1.84. The molecule has 0 unspecified atom stereocenters. The van der Waals surface area contributed by atoms with Crippen molar-refractivity contribution in [2.45, 2.75) is 33.6 Å². The van der Waals surface area contributed by atoms with Crippen LogP contribution in [0.3, 0.4) is 0 Å². The van der Waals surface area contributed by atoms with Gasteiger partial charge in [-0.1, -0.05) is 32.9 Å². The van der Waals surface area contributed by atoms with Crippen LogP contribution >= 0.6 is 12.2 Å². The SMILES string of the molecule is CC.CC/C=C(\C=C/CCN1CCOCC1)NC(=S)NN. The van der Waals surface area contributed by atoms with Crippen molar-refractivity contribution in [2.75, 3.05) is 32.8 Å². The number of nitrogens with one attached hydrogen (secondary N) is 2. The zero-order chi connectivity index (χ0) is 15.9. The van der Waals surface area contributed by atoms with Crippen molar-refractivity contribution >= 4 is 17.3 Å². The summed E-state index contributed by atoms with van der Waals surface area (Å²) in [4.78, 5) is 2.41. The Kier molecular flexibility index (Phi) is 13.4. The van der Waals surface area contributed by atoms with Crippen LogP contribution in [0.2, 0.25) is 0 Å². The zero-order valence-corrected chi connectivity index (χ0v) is 14.3. The molecule has 0 atom stereocenters. The van der Waals surface area contributed by atoms with Gasteiger partial charge in [-0.15, -0.1) is 0 Å². The van der Waals surface area contributed by atoms with Gasteiger partial charge in [0.25, 0.3) is 0 Å². The fraction of sp³-hybridized carbons (Fsp3) is 0.667. The maximum absolute atomic E-state index is 5.32. The molecule has 0 aromatic heterocycles. The monoisotopic (exact) mass is 314 g/mol. The van der Waals surface area contributed by atoms with Crippen molar-refractivity contribution in [1.82, 2.24) is 15.6 Å². The lowest BCUT2D eigenvalue weighted by atomic mass is 10.2. The van der Waals surface area contributed by atoms with Crippen LogP contribution < -0.4 is 16.6 Å². The minimum atomic E-state index is 0.428. The third-order valence-corrected chi connectivity index (χ3v) is 3.05. The van der Waals surface area contributed by atoms with Crippen LogP contribution in [0.1, 0.15) is 33.6 Å². The third kappa shape index (κ3) is 10.4. The van der Waals surface area contributed by atoms with Gasteiger partial charge in [-0.2, -0.15) is 0 Å². The Bertz CT molecular complexity index is 326. The molecular formula is C15H30N4OS. The molecule has 1 aliphatic rings. The molecule has 0 aromatic carbocycles. The maximum Gasteiger partial charge on any atom is 0.185 e. The molecule has 0 amide bonds. The minimum Gasteiger partial charge on any atom is -0.379 e. The first kappa shape index (κ1) is 20.1. The normalized spacial score (nSPS) is 16.3. The van der Waals surface area contributed by atoms with E-state index in [2.05, 4.69) is 34.7 Å². The molecule has 1 saturated heterocycles. The Labute approximate surface area is 134 Å². The maximum atomic E-state index is 5.32. The molecule has 1 fully saturated rings. The smallest absolute Gasteiger partial charge is 0.185 e. The molecule has 0 aliphatic carbocycles. The first-order valence-electron chi connectivity index (χ1n) is 7.70. The highest BCUT2D eigenvalue weighted by atomic mass is 32.1. The van der Waals surface area contributed by atoms with E-state index >= 15 is 0 Å². The van der Waals surface area contributed by atoms with Gasteiger partial charge < -0.3 is 15.5 Å². The average Bonchev–Trinajstić information content (AvgIpc) is 2.54. The number of rotatable bonds is 6. The number of hydrogen-bond donors (Lipinski definition) is 3. The van der Waals surface area contributed by atoms with Crippen molar-refractivity contribution in [1.29, 1.82) is 0 Å². The summed E-state index contributed by atoms with van der Waals surface area (Å²) >= 11 is 4.98. The Morgan fingerprint density at radius 3 is 2.57 bits per heavy atom. The lowest BCUT2D eigenvalue weighted by Crippen LogP contribution is -2.38. The Morgan fingerprint density at radius 1 is 1.33 bits per heavy atom. The van der Waals surface area contributed by atoms with Gasteiger partial charge in [-0.3, -0.25) is 4.90 Å². The summed E-state index contributed by atoms with van der Waals surface area (Å²) < 4.78 is 5.32. The standard InChI is InChI=1S/C13H24N4OS.C2H6/c1-2-5-12(15-13(19)16-14)6-3-4-7-17-8-10-18-11-9-17;1-2/h3,5-6H,2,4,7-11,14H2,1H3,(H2,15,16,19);1-2H3/b6-3-,12-5+;. The van der Waals surface area contributed by atoms with Gasteiger partial charge in [0.1, 0.15) is 0 Å². The van der Waals surface area contributed by atoms with Crippen LogP contribution in [-0.4, -0.2) is 42.9 Å². The number of hydrazine groups is 1. The summed E-state index contributed by atoms with van der Waals surface area (Å²) in [7, 11) is 0. The highest BCUT2D eigenvalue weighted by Gasteiger charge is 2.08. The number of ether oxygens (including phenoxy) is 1. The van der Waals surface area contributed by atoms with Crippen molar-refractivity contribution in [2.24, 2.45) is 5.84 Å². The van der Waals surface area contributed by atoms with Gasteiger partial charge in [0.05, 0.1) is 13.2 Å². The van der Waals surface area contributed by atoms with Gasteiger partial charge in [0.2, 0.25) is 0 Å². The molecule has 21 heavy (non-hydrogen) atoms. The Balaban J connectivity index is 0.00000191. The van der Waals surface area contributed by atoms with E-state index in [0.717, 1.165) is 51.4 Å². The van der Waals surface area contributed by atoms with E-state index in [1.165, 1.54) is 0 Å². The largest absolute Gasteiger partial charge is 0.379 e. The second-order valence-corrected chi connectivity index (χ2v) is 4.72. The van der Waals surface area contributed by atoms with Crippen LogP contribution in [0.4, 0.5) is 0 Å². The summed E-state index contributed by atoms with van der Waals surface area (Å²) in [6, 6.07) is 0. The van der Waals surface area contributed by atoms with Crippen LogP contribution in [0, 0.1) is 0 Å². The second kappa shape index (κ2) is 14.0. The van der Waals surface area contributed by atoms with Crippen molar-refractivity contribution in [3.63, 3.8) is 0 Å². The number of thiocarbonyl (C=S) groups is 1. The number of nitrogens with zero attached hydrogens (tertiary/aromatic N) is 1. The van der Waals surface area contributed by atoms with Gasteiger partial charge >= 0.3 is 0 Å². The third-order valence-electron chi connectivity index (χ3n) is 2.83. The quantitative estimate of drug-likeness (QED) is 0.301. The first-order valence-corrected chi connectivity index (χ1v) is 8.11. The molecule has 0 aromatic rings. The van der Waals surface area contributed by atoms with E-state index < -0.39 is 0 Å². The molecule has 6 heteroatoms. The van der Waals surface area contributed by atoms with Crippen LogP contribution in [0.15, 0.2) is 23.9 Å². The van der Waals surface area contributed by atoms with E-state index in [9.17, 15) is 0 Å². The molecule has 0 radical (unpaired) electrons. The van der Waals surface area contributed by atoms with E-state index in [1.54, 1.807) is 0 Å². The second-order valence-electron chi connectivity index (χ2n) is 4.31. The molecular weight excluding hydrogens is 284 g/mol. The lowest BCUT2D eigenvalue weighted by Gasteiger charge is -2.25. The highest BCUT2D eigenvalue weighted by molar-refractivity contribution is 7.80. The van der Waals surface area contributed by atoms with Crippen LogP contribution in [0.25, 0.3) is 0 Å². The van der Waals surface area contributed by atoms with E-state index in [1.807, 2.05) is 19.9 Å². The van der Waals surface area contributed by atoms with E-state index in [-0.39, 0.29) is 0 Å². The van der Waals surface area contributed by atoms with E-state index in [0.29, 0.717) is 5.11 Å². The Morgan fingerprint density at radius 2 is 2.00 bits per heavy atom. The van der Waals surface area contributed by atoms with Crippen molar-refractivity contribution < 1.29 is 4.74 Å². The molecule has 0 bridgehead atoms. The topological polar surface area (TPSA) is 62.5 Å². The minimum absolute atomic E-state index is 0.428. The van der Waals surface area contributed by atoms with Gasteiger partial charge in [0.15, 0.2) is 5.11 Å². The van der Waals surface area contributed by atoms with Crippen molar-refractivity contribution in [3.8, 4) is 0 Å². The van der Waals surface area contributed by atoms with Gasteiger partial charge in [-0.25, -0.2) is 5.84 Å². The number of hydrogen-bond acceptors (Lipinski definition) is 4. The fourth-order valence-corrected chi connectivity index (χ4v) is 1.96. The summed E-state index contributed by atoms with van der Waals surface area (Å²) in [5.74, 6) is 5.25. The number of nitrogens with two attached hydrogens (primary N) is 1. The molecule has 5 nitrogen and oxygen atoms in total. The van der Waals surface area contributed by atoms with Crippen molar-refractivity contribution in [3.05, 3.63) is 23.9 Å². The number of allylic oxidation sites excluding steroid dienone is 2. The van der Waals surface area contributed by atoms with Crippen LogP contribution in [-0.2, 0) is 4.74 Å². The summed E-state index contributed by atoms with van der Waals surface area (Å²) in [5, 5.41) is 3.47. The van der Waals surface area contributed by atoms with Gasteiger partial charge in [0, 0.05) is 25.3 Å². The molecule has 0 spiro atoms.